The highest BCUT2D eigenvalue weighted by atomic mass is 16.6. The quantitative estimate of drug-likeness (QED) is 0.251. The van der Waals surface area contributed by atoms with Gasteiger partial charge in [-0.3, -0.25) is 19.7 Å². The Morgan fingerprint density at radius 2 is 1.53 bits per heavy atom. The second-order valence-electron chi connectivity index (χ2n) is 7.79. The zero-order valence-corrected chi connectivity index (χ0v) is 18.8. The maximum atomic E-state index is 13.5. The van der Waals surface area contributed by atoms with Crippen LogP contribution >= 0.6 is 0 Å². The number of hydrogen-bond donors (Lipinski definition) is 1. The minimum Gasteiger partial charge on any atom is -0.350 e. The number of nitrogens with one attached hydrogen (secondary N) is 1. The SMILES string of the molecule is C=CCCC(=O)N(Cc1ccccc1)C(C(=O)NCc1ccccc1)c1ccc([N+](=O)[O-])cc1. The van der Waals surface area contributed by atoms with E-state index >= 15 is 0 Å². The van der Waals surface area contributed by atoms with E-state index in [1.165, 1.54) is 29.2 Å². The lowest BCUT2D eigenvalue weighted by Gasteiger charge is -2.31. The predicted octanol–water partition coefficient (Wildman–Crippen LogP) is 4.95. The normalized spacial score (nSPS) is 11.3. The molecule has 0 spiro atoms. The number of benzene rings is 3. The molecule has 1 atom stereocenters. The van der Waals surface area contributed by atoms with Crippen LogP contribution in [0.5, 0.6) is 0 Å². The minimum absolute atomic E-state index is 0.0835. The van der Waals surface area contributed by atoms with Crippen LogP contribution in [0.15, 0.2) is 97.6 Å². The Bertz CT molecular complexity index is 1120. The fourth-order valence-corrected chi connectivity index (χ4v) is 3.61. The second-order valence-corrected chi connectivity index (χ2v) is 7.79. The van der Waals surface area contributed by atoms with Crippen LogP contribution in [0.25, 0.3) is 0 Å². The molecule has 3 aromatic carbocycles. The molecule has 3 aromatic rings. The van der Waals surface area contributed by atoms with Crippen molar-refractivity contribution in [2.75, 3.05) is 0 Å². The molecule has 0 radical (unpaired) electrons. The Kier molecular flexibility index (Phi) is 8.68. The highest BCUT2D eigenvalue weighted by Gasteiger charge is 2.31. The molecule has 0 aliphatic heterocycles. The molecule has 7 heteroatoms. The minimum atomic E-state index is -0.956. The van der Waals surface area contributed by atoms with Crippen LogP contribution in [-0.2, 0) is 22.7 Å². The summed E-state index contributed by atoms with van der Waals surface area (Å²) in [7, 11) is 0. The molecule has 1 unspecified atom stereocenters. The van der Waals surface area contributed by atoms with Gasteiger partial charge in [0.2, 0.25) is 11.8 Å². The van der Waals surface area contributed by atoms with Crippen LogP contribution < -0.4 is 5.32 Å². The predicted molar refractivity (Wildman–Crippen MR) is 131 cm³/mol. The number of carbonyl (C=O) groups is 2. The van der Waals surface area contributed by atoms with Gasteiger partial charge in [-0.05, 0) is 35.2 Å². The lowest BCUT2D eigenvalue weighted by atomic mass is 10.0. The van der Waals surface area contributed by atoms with Gasteiger partial charge in [-0.2, -0.15) is 0 Å². The van der Waals surface area contributed by atoms with Crippen LogP contribution in [0.2, 0.25) is 0 Å². The Balaban J connectivity index is 1.97. The van der Waals surface area contributed by atoms with E-state index in [4.69, 9.17) is 0 Å². The Hall–Kier alpha value is -4.26. The van der Waals surface area contributed by atoms with Crippen molar-refractivity contribution in [3.8, 4) is 0 Å². The van der Waals surface area contributed by atoms with Gasteiger partial charge in [0.05, 0.1) is 4.92 Å². The van der Waals surface area contributed by atoms with Gasteiger partial charge in [-0.1, -0.05) is 66.7 Å². The maximum absolute atomic E-state index is 13.5. The highest BCUT2D eigenvalue weighted by molar-refractivity contribution is 5.88. The van der Waals surface area contributed by atoms with E-state index in [2.05, 4.69) is 11.9 Å². The van der Waals surface area contributed by atoms with E-state index < -0.39 is 11.0 Å². The first-order valence-corrected chi connectivity index (χ1v) is 11.0. The largest absolute Gasteiger partial charge is 0.350 e. The van der Waals surface area contributed by atoms with E-state index in [1.54, 1.807) is 6.08 Å². The maximum Gasteiger partial charge on any atom is 0.269 e. The molecular formula is C27H27N3O4. The summed E-state index contributed by atoms with van der Waals surface area (Å²) >= 11 is 0. The molecule has 0 aromatic heterocycles. The van der Waals surface area contributed by atoms with Crippen molar-refractivity contribution >= 4 is 17.5 Å². The van der Waals surface area contributed by atoms with E-state index in [-0.39, 0.29) is 30.5 Å². The van der Waals surface area contributed by atoms with E-state index in [0.29, 0.717) is 18.5 Å². The number of carbonyl (C=O) groups excluding carboxylic acids is 2. The number of nitrogens with zero attached hydrogens (tertiary/aromatic N) is 2. The van der Waals surface area contributed by atoms with Gasteiger partial charge in [-0.15, -0.1) is 6.58 Å². The summed E-state index contributed by atoms with van der Waals surface area (Å²) in [5.74, 6) is -0.567. The Labute approximate surface area is 198 Å². The van der Waals surface area contributed by atoms with Gasteiger partial charge < -0.3 is 10.2 Å². The lowest BCUT2D eigenvalue weighted by Crippen LogP contribution is -2.43. The molecule has 0 aliphatic rings. The zero-order valence-electron chi connectivity index (χ0n) is 18.8. The standard InChI is InChI=1S/C27H27N3O4/c1-2-3-14-25(31)29(20-22-12-8-5-9-13-22)26(23-15-17-24(18-16-23)30(33)34)27(32)28-19-21-10-6-4-7-11-21/h2,4-13,15-18,26H,1,3,14,19-20H2,(H,28,32). The van der Waals surface area contributed by atoms with Crippen molar-refractivity contribution < 1.29 is 14.5 Å². The van der Waals surface area contributed by atoms with Gasteiger partial charge in [0.15, 0.2) is 0 Å². The van der Waals surface area contributed by atoms with Gasteiger partial charge >= 0.3 is 0 Å². The average Bonchev–Trinajstić information content (AvgIpc) is 2.87. The Morgan fingerprint density at radius 3 is 2.09 bits per heavy atom. The fraction of sp³-hybridized carbons (Fsp3) is 0.185. The van der Waals surface area contributed by atoms with Crippen LogP contribution in [0.1, 0.15) is 35.6 Å². The second kappa shape index (κ2) is 12.1. The average molecular weight is 458 g/mol. The van der Waals surface area contributed by atoms with Crippen molar-refractivity contribution in [3.63, 3.8) is 0 Å². The molecule has 1 N–H and O–H groups in total. The number of nitro benzene ring substituents is 1. The van der Waals surface area contributed by atoms with Crippen LogP contribution in [0.3, 0.4) is 0 Å². The summed E-state index contributed by atoms with van der Waals surface area (Å²) in [6, 6.07) is 23.7. The molecule has 0 saturated heterocycles. The van der Waals surface area contributed by atoms with Crippen molar-refractivity contribution in [2.45, 2.75) is 32.0 Å². The van der Waals surface area contributed by atoms with Crippen molar-refractivity contribution in [1.29, 1.82) is 0 Å². The summed E-state index contributed by atoms with van der Waals surface area (Å²) in [5, 5.41) is 14.1. The Morgan fingerprint density at radius 1 is 0.941 bits per heavy atom. The van der Waals surface area contributed by atoms with Crippen molar-refractivity contribution in [3.05, 3.63) is 124 Å². The third kappa shape index (κ3) is 6.62. The molecule has 7 nitrogen and oxygen atoms in total. The molecule has 0 aliphatic carbocycles. The van der Waals surface area contributed by atoms with Gasteiger partial charge in [-0.25, -0.2) is 0 Å². The van der Waals surface area contributed by atoms with Crippen molar-refractivity contribution in [2.24, 2.45) is 0 Å². The molecule has 2 amide bonds. The number of amides is 2. The third-order valence-electron chi connectivity index (χ3n) is 5.37. The van der Waals surface area contributed by atoms with Gasteiger partial charge in [0.25, 0.3) is 5.69 Å². The van der Waals surface area contributed by atoms with Gasteiger partial charge in [0.1, 0.15) is 6.04 Å². The number of rotatable bonds is 11. The van der Waals surface area contributed by atoms with Gasteiger partial charge in [0, 0.05) is 31.6 Å². The molecule has 34 heavy (non-hydrogen) atoms. The number of hydrogen-bond acceptors (Lipinski definition) is 4. The lowest BCUT2D eigenvalue weighted by molar-refractivity contribution is -0.384. The monoisotopic (exact) mass is 457 g/mol. The highest BCUT2D eigenvalue weighted by Crippen LogP contribution is 2.27. The molecule has 0 saturated carbocycles. The van der Waals surface area contributed by atoms with Crippen LogP contribution in [0, 0.1) is 10.1 Å². The smallest absolute Gasteiger partial charge is 0.269 e. The third-order valence-corrected chi connectivity index (χ3v) is 5.37. The van der Waals surface area contributed by atoms with Crippen LogP contribution in [0.4, 0.5) is 5.69 Å². The zero-order chi connectivity index (χ0) is 24.3. The summed E-state index contributed by atoms with van der Waals surface area (Å²) in [6.45, 7) is 4.20. The first kappa shape index (κ1) is 24.4. The molecule has 174 valence electrons. The number of allylic oxidation sites excluding steroid dienone is 1. The first-order chi connectivity index (χ1) is 16.5. The summed E-state index contributed by atoms with van der Waals surface area (Å²) in [4.78, 5) is 38.9. The molecule has 0 heterocycles. The summed E-state index contributed by atoms with van der Waals surface area (Å²) in [5.41, 5.74) is 2.21. The molecular weight excluding hydrogens is 430 g/mol. The van der Waals surface area contributed by atoms with E-state index in [0.717, 1.165) is 11.1 Å². The van der Waals surface area contributed by atoms with Crippen molar-refractivity contribution in [1.82, 2.24) is 10.2 Å². The van der Waals surface area contributed by atoms with Crippen LogP contribution in [-0.4, -0.2) is 21.6 Å². The fourth-order valence-electron chi connectivity index (χ4n) is 3.61. The first-order valence-electron chi connectivity index (χ1n) is 11.0. The number of nitro groups is 1. The number of non-ortho nitro benzene ring substituents is 1. The molecule has 0 fully saturated rings. The molecule has 0 bridgehead atoms. The summed E-state index contributed by atoms with van der Waals surface area (Å²) < 4.78 is 0. The van der Waals surface area contributed by atoms with E-state index in [1.807, 2.05) is 60.7 Å². The van der Waals surface area contributed by atoms with E-state index in [9.17, 15) is 19.7 Å². The summed E-state index contributed by atoms with van der Waals surface area (Å²) in [6.07, 6.45) is 2.34. The topological polar surface area (TPSA) is 92.6 Å². The molecule has 3 rings (SSSR count).